The smallest absolute Gasteiger partial charge is 0.130 e. The number of allylic oxidation sites excluding steroid dienone is 1. The summed E-state index contributed by atoms with van der Waals surface area (Å²) in [4.78, 5) is 23.5. The number of nitrogens with zero attached hydrogens (tertiary/aromatic N) is 6. The number of hydrogen-bond acceptors (Lipinski definition) is 8. The average molecular weight is 443 g/mol. The third-order valence-electron chi connectivity index (χ3n) is 6.39. The Morgan fingerprint density at radius 3 is 2.24 bits per heavy atom. The fraction of sp³-hybridized carbons (Fsp3) is 0.360. The van der Waals surface area contributed by atoms with Crippen LogP contribution in [0.4, 0.5) is 11.6 Å². The van der Waals surface area contributed by atoms with E-state index in [1.807, 2.05) is 24.7 Å². The zero-order valence-electron chi connectivity index (χ0n) is 18.5. The van der Waals surface area contributed by atoms with Gasteiger partial charge in [-0.05, 0) is 35.9 Å². The minimum absolute atomic E-state index is 0.640. The minimum Gasteiger partial charge on any atom is -0.378 e. The number of ether oxygens (including phenoxy) is 2. The first-order valence-electron chi connectivity index (χ1n) is 11.5. The average Bonchev–Trinajstić information content (AvgIpc) is 3.44. The van der Waals surface area contributed by atoms with Crippen molar-refractivity contribution in [3.63, 3.8) is 0 Å². The molecule has 0 amide bonds. The van der Waals surface area contributed by atoms with E-state index in [2.05, 4.69) is 39.1 Å². The first-order valence-corrected chi connectivity index (χ1v) is 11.5. The van der Waals surface area contributed by atoms with E-state index < -0.39 is 0 Å². The molecule has 0 spiro atoms. The van der Waals surface area contributed by atoms with Crippen LogP contribution < -0.4 is 9.80 Å². The van der Waals surface area contributed by atoms with Crippen LogP contribution in [-0.4, -0.2) is 80.3 Å². The number of aromatic nitrogens is 3. The van der Waals surface area contributed by atoms with Crippen LogP contribution in [0.15, 0.2) is 47.7 Å². The van der Waals surface area contributed by atoms with Crippen molar-refractivity contribution >= 4 is 34.3 Å². The van der Waals surface area contributed by atoms with E-state index >= 15 is 0 Å². The highest BCUT2D eigenvalue weighted by Gasteiger charge is 2.20. The first-order chi connectivity index (χ1) is 16.4. The van der Waals surface area contributed by atoms with Crippen LogP contribution in [0.5, 0.6) is 0 Å². The Hall–Kier alpha value is -3.36. The largest absolute Gasteiger partial charge is 0.378 e. The quantitative estimate of drug-likeness (QED) is 0.615. The number of aliphatic imine (C=N–C) groups is 1. The van der Waals surface area contributed by atoms with Crippen molar-refractivity contribution in [3.05, 3.63) is 48.4 Å². The van der Waals surface area contributed by atoms with Crippen molar-refractivity contribution in [1.29, 1.82) is 0 Å². The summed E-state index contributed by atoms with van der Waals surface area (Å²) in [6.07, 6.45) is 7.72. The molecule has 3 aromatic rings. The topological polar surface area (TPSA) is 76.0 Å². The highest BCUT2D eigenvalue weighted by Crippen LogP contribution is 2.35. The number of pyridine rings is 3. The minimum atomic E-state index is 0.640. The normalized spacial score (nSPS) is 18.7. The molecular weight excluding hydrogens is 416 g/mol. The highest BCUT2D eigenvalue weighted by molar-refractivity contribution is 6.02. The van der Waals surface area contributed by atoms with Crippen LogP contribution in [0, 0.1) is 0 Å². The molecule has 0 saturated carbocycles. The molecule has 33 heavy (non-hydrogen) atoms. The second-order valence-electron chi connectivity index (χ2n) is 8.37. The Morgan fingerprint density at radius 2 is 1.58 bits per heavy atom. The van der Waals surface area contributed by atoms with Crippen LogP contribution in [-0.2, 0) is 9.47 Å². The van der Waals surface area contributed by atoms with E-state index in [4.69, 9.17) is 24.4 Å². The molecular formula is C25H26N6O2. The van der Waals surface area contributed by atoms with E-state index in [0.29, 0.717) is 19.8 Å². The molecule has 3 aliphatic heterocycles. The number of fused-ring (bicyclic) bond motifs is 1. The van der Waals surface area contributed by atoms with Gasteiger partial charge < -0.3 is 19.3 Å². The molecule has 8 nitrogen and oxygen atoms in total. The molecule has 6 rings (SSSR count). The monoisotopic (exact) mass is 442 g/mol. The van der Waals surface area contributed by atoms with Crippen LogP contribution >= 0.6 is 0 Å². The van der Waals surface area contributed by atoms with Crippen molar-refractivity contribution in [1.82, 2.24) is 15.0 Å². The summed E-state index contributed by atoms with van der Waals surface area (Å²) in [5.74, 6) is 1.94. The second-order valence-corrected chi connectivity index (χ2v) is 8.37. The SMILES string of the molecule is C1=NCC(c2nccc3c(-c4ccc(N5CCOCC5)nc4)cc(N4CCOCC4)nc23)=C1. The van der Waals surface area contributed by atoms with Gasteiger partial charge >= 0.3 is 0 Å². The molecule has 0 aliphatic carbocycles. The maximum absolute atomic E-state index is 5.57. The molecule has 0 unspecified atom stereocenters. The lowest BCUT2D eigenvalue weighted by Gasteiger charge is -2.29. The van der Waals surface area contributed by atoms with Gasteiger partial charge in [0, 0.05) is 61.3 Å². The van der Waals surface area contributed by atoms with Gasteiger partial charge in [-0.2, -0.15) is 0 Å². The molecule has 0 aromatic carbocycles. The molecule has 3 aromatic heterocycles. The lowest BCUT2D eigenvalue weighted by molar-refractivity contribution is 0.122. The Balaban J connectivity index is 1.46. The lowest BCUT2D eigenvalue weighted by atomic mass is 10.00. The van der Waals surface area contributed by atoms with Crippen LogP contribution in [0.2, 0.25) is 0 Å². The molecule has 0 atom stereocenters. The van der Waals surface area contributed by atoms with Gasteiger partial charge in [0.25, 0.3) is 0 Å². The predicted octanol–water partition coefficient (Wildman–Crippen LogP) is 2.83. The number of hydrogen-bond donors (Lipinski definition) is 0. The van der Waals surface area contributed by atoms with Gasteiger partial charge in [-0.15, -0.1) is 0 Å². The first kappa shape index (κ1) is 20.3. The Labute approximate surface area is 192 Å². The fourth-order valence-corrected chi connectivity index (χ4v) is 4.59. The maximum Gasteiger partial charge on any atom is 0.130 e. The van der Waals surface area contributed by atoms with Gasteiger partial charge in [0.1, 0.15) is 11.6 Å². The van der Waals surface area contributed by atoms with Crippen LogP contribution in [0.25, 0.3) is 27.6 Å². The van der Waals surface area contributed by atoms with Gasteiger partial charge in [-0.1, -0.05) is 0 Å². The molecule has 0 N–H and O–H groups in total. The Kier molecular flexibility index (Phi) is 5.45. The summed E-state index contributed by atoms with van der Waals surface area (Å²) in [6, 6.07) is 8.50. The van der Waals surface area contributed by atoms with E-state index in [9.17, 15) is 0 Å². The summed E-state index contributed by atoms with van der Waals surface area (Å²) in [5.41, 5.74) is 5.09. The standard InChI is InChI=1S/C25H26N6O2/c1-2-22(30-7-11-32-12-8-30)28-17-18(1)21-15-23(31-9-13-33-14-10-31)29-25-20(21)4-6-27-24(25)19-3-5-26-16-19/h1-6,15,17H,7-14,16H2. The summed E-state index contributed by atoms with van der Waals surface area (Å²) in [6.45, 7) is 6.96. The summed E-state index contributed by atoms with van der Waals surface area (Å²) in [5, 5.41) is 1.07. The molecule has 0 bridgehead atoms. The fourth-order valence-electron chi connectivity index (χ4n) is 4.59. The second kappa shape index (κ2) is 8.88. The molecule has 168 valence electrons. The van der Waals surface area contributed by atoms with Crippen molar-refractivity contribution in [2.45, 2.75) is 0 Å². The van der Waals surface area contributed by atoms with Crippen molar-refractivity contribution in [2.75, 3.05) is 69.0 Å². The van der Waals surface area contributed by atoms with Gasteiger partial charge in [0.05, 0.1) is 44.2 Å². The predicted molar refractivity (Wildman–Crippen MR) is 130 cm³/mol. The van der Waals surface area contributed by atoms with Crippen LogP contribution in [0.3, 0.4) is 0 Å². The highest BCUT2D eigenvalue weighted by atomic mass is 16.5. The molecule has 6 heterocycles. The third-order valence-corrected chi connectivity index (χ3v) is 6.39. The molecule has 8 heteroatoms. The lowest BCUT2D eigenvalue weighted by Crippen LogP contribution is -2.36. The molecule has 2 fully saturated rings. The van der Waals surface area contributed by atoms with E-state index in [1.165, 1.54) is 0 Å². The molecule has 0 radical (unpaired) electrons. The number of anilines is 2. The number of rotatable bonds is 4. The van der Waals surface area contributed by atoms with Gasteiger partial charge in [0.2, 0.25) is 0 Å². The van der Waals surface area contributed by atoms with Crippen LogP contribution in [0.1, 0.15) is 5.69 Å². The van der Waals surface area contributed by atoms with Crippen molar-refractivity contribution in [3.8, 4) is 11.1 Å². The van der Waals surface area contributed by atoms with E-state index in [-0.39, 0.29) is 0 Å². The Morgan fingerprint density at radius 1 is 0.818 bits per heavy atom. The van der Waals surface area contributed by atoms with E-state index in [0.717, 1.165) is 84.3 Å². The Bertz CT molecular complexity index is 1210. The van der Waals surface area contributed by atoms with Crippen molar-refractivity contribution in [2.24, 2.45) is 4.99 Å². The van der Waals surface area contributed by atoms with Gasteiger partial charge in [0.15, 0.2) is 0 Å². The number of morpholine rings is 2. The third kappa shape index (κ3) is 3.96. The maximum atomic E-state index is 5.57. The van der Waals surface area contributed by atoms with Gasteiger partial charge in [-0.25, -0.2) is 9.97 Å². The zero-order valence-corrected chi connectivity index (χ0v) is 18.5. The zero-order chi connectivity index (χ0) is 22.0. The van der Waals surface area contributed by atoms with E-state index in [1.54, 1.807) is 0 Å². The molecule has 3 aliphatic rings. The summed E-state index contributed by atoms with van der Waals surface area (Å²) >= 11 is 0. The summed E-state index contributed by atoms with van der Waals surface area (Å²) < 4.78 is 11.0. The summed E-state index contributed by atoms with van der Waals surface area (Å²) in [7, 11) is 0. The molecule has 2 saturated heterocycles. The van der Waals surface area contributed by atoms with Gasteiger partial charge in [-0.3, -0.25) is 9.98 Å². The van der Waals surface area contributed by atoms with Crippen molar-refractivity contribution < 1.29 is 9.47 Å².